The molecule has 2 N–H and O–H groups in total. The van der Waals surface area contributed by atoms with E-state index in [-0.39, 0.29) is 55.8 Å². The number of carbonyl (C=O) groups excluding carboxylic acids is 3. The maximum Gasteiger partial charge on any atom is 0.407 e. The van der Waals surface area contributed by atoms with Crippen LogP contribution in [-0.2, 0) is 45.5 Å². The van der Waals surface area contributed by atoms with Crippen LogP contribution in [0, 0.1) is 0 Å². The highest BCUT2D eigenvalue weighted by molar-refractivity contribution is 5.68. The zero-order valence-electron chi connectivity index (χ0n) is 21.8. The van der Waals surface area contributed by atoms with Crippen molar-refractivity contribution in [3.05, 3.63) is 53.1 Å². The fourth-order valence-corrected chi connectivity index (χ4v) is 4.20. The van der Waals surface area contributed by atoms with Crippen LogP contribution in [0.3, 0.4) is 0 Å². The van der Waals surface area contributed by atoms with E-state index in [4.69, 9.17) is 14.2 Å². The third kappa shape index (κ3) is 8.61. The van der Waals surface area contributed by atoms with Crippen LogP contribution >= 0.6 is 0 Å². The van der Waals surface area contributed by atoms with Crippen LogP contribution in [0.25, 0.3) is 0 Å². The molecule has 0 saturated heterocycles. The van der Waals surface area contributed by atoms with Gasteiger partial charge < -0.3 is 53.4 Å². The molecule has 0 fully saturated rings. The summed E-state index contributed by atoms with van der Waals surface area (Å²) in [5.74, 6) is -0.199. The summed E-state index contributed by atoms with van der Waals surface area (Å²) in [6.45, 7) is 7.88. The Morgan fingerprint density at radius 2 is 1.70 bits per heavy atom. The van der Waals surface area contributed by atoms with Crippen molar-refractivity contribution in [2.24, 2.45) is 0 Å². The van der Waals surface area contributed by atoms with Gasteiger partial charge in [-0.05, 0) is 25.3 Å². The average molecular weight is 629 g/mol. The molecule has 2 aromatic rings. The van der Waals surface area contributed by atoms with E-state index in [1.165, 1.54) is 0 Å². The zero-order valence-corrected chi connectivity index (χ0v) is 23.9. The van der Waals surface area contributed by atoms with E-state index in [2.05, 4.69) is 15.2 Å². The first kappa shape index (κ1) is 30.4. The number of halogens is 1. The molecule has 3 heterocycles. The highest BCUT2D eigenvalue weighted by atomic mass is 127. The summed E-state index contributed by atoms with van der Waals surface area (Å²) in [5.41, 5.74) is 3.76. The molecule has 2 aromatic heterocycles. The van der Waals surface area contributed by atoms with E-state index in [0.29, 0.717) is 19.5 Å². The molecule has 1 aliphatic heterocycles. The van der Waals surface area contributed by atoms with Crippen molar-refractivity contribution < 1.29 is 57.1 Å². The van der Waals surface area contributed by atoms with Crippen molar-refractivity contribution in [1.82, 2.24) is 15.2 Å². The number of ether oxygens (including phenoxy) is 3. The standard InChI is InChI=1S/C26H36N4O6.HI/c1-4-10-27-25(32)34-16-20-15-30-13-9-21(24(30)22(20)17-35-26(33)28-11-5-2)19-8-7-12-29(14-19)18-36-23(31)6-3;/h7-8,12,14-15,21H,4-6,9-11,13,16-18H2,1-3H3,(H-,27,28,32,33);1H. The number of alkyl carbamates (subject to hydrolysis) is 2. The molecule has 0 saturated carbocycles. The predicted octanol–water partition coefficient (Wildman–Crippen LogP) is 0.498. The van der Waals surface area contributed by atoms with E-state index in [9.17, 15) is 14.4 Å². The van der Waals surface area contributed by atoms with E-state index < -0.39 is 12.2 Å². The number of nitrogens with zero attached hydrogens (tertiary/aromatic N) is 2. The monoisotopic (exact) mass is 628 g/mol. The van der Waals surface area contributed by atoms with Crippen molar-refractivity contribution in [3.63, 3.8) is 0 Å². The minimum atomic E-state index is -0.478. The van der Waals surface area contributed by atoms with Gasteiger partial charge in [-0.2, -0.15) is 4.57 Å². The number of rotatable bonds is 12. The maximum atomic E-state index is 12.2. The first-order valence-corrected chi connectivity index (χ1v) is 12.6. The molecule has 3 rings (SSSR count). The lowest BCUT2D eigenvalue weighted by Crippen LogP contribution is -3.00. The number of aromatic nitrogens is 2. The Bertz CT molecular complexity index is 1060. The van der Waals surface area contributed by atoms with Crippen LogP contribution in [0.1, 0.15) is 74.8 Å². The number of nitrogens with one attached hydrogen (secondary N) is 2. The molecule has 0 aromatic carbocycles. The van der Waals surface area contributed by atoms with Crippen molar-refractivity contribution in [3.8, 4) is 0 Å². The third-order valence-electron chi connectivity index (χ3n) is 6.00. The number of hydrogen-bond donors (Lipinski definition) is 2. The summed E-state index contributed by atoms with van der Waals surface area (Å²) >= 11 is 0. The molecule has 204 valence electrons. The molecule has 0 radical (unpaired) electrons. The van der Waals surface area contributed by atoms with Gasteiger partial charge in [-0.1, -0.05) is 20.8 Å². The lowest BCUT2D eigenvalue weighted by Gasteiger charge is -2.14. The van der Waals surface area contributed by atoms with E-state index in [1.54, 1.807) is 6.92 Å². The largest absolute Gasteiger partial charge is 1.00 e. The van der Waals surface area contributed by atoms with Gasteiger partial charge in [-0.15, -0.1) is 0 Å². The fraction of sp³-hybridized carbons (Fsp3) is 0.538. The normalized spacial score (nSPS) is 13.8. The van der Waals surface area contributed by atoms with Gasteiger partial charge in [0.1, 0.15) is 13.2 Å². The van der Waals surface area contributed by atoms with Gasteiger partial charge in [0, 0.05) is 66.6 Å². The summed E-state index contributed by atoms with van der Waals surface area (Å²) in [5, 5.41) is 5.43. The molecule has 2 amide bonds. The Labute approximate surface area is 235 Å². The summed E-state index contributed by atoms with van der Waals surface area (Å²) in [7, 11) is 0. The van der Waals surface area contributed by atoms with Crippen LogP contribution in [0.15, 0.2) is 30.7 Å². The Balaban J connectivity index is 0.00000481. The second kappa shape index (κ2) is 15.4. The minimum absolute atomic E-state index is 0. The first-order chi connectivity index (χ1) is 17.5. The quantitative estimate of drug-likeness (QED) is 0.153. The smallest absolute Gasteiger partial charge is 0.407 e. The van der Waals surface area contributed by atoms with Crippen molar-refractivity contribution in [2.75, 3.05) is 13.1 Å². The predicted molar refractivity (Wildman–Crippen MR) is 131 cm³/mol. The van der Waals surface area contributed by atoms with Gasteiger partial charge >= 0.3 is 18.2 Å². The Morgan fingerprint density at radius 1 is 1.03 bits per heavy atom. The number of hydrogen-bond acceptors (Lipinski definition) is 6. The number of amides is 2. The molecule has 0 bridgehead atoms. The second-order valence-corrected chi connectivity index (χ2v) is 8.71. The van der Waals surface area contributed by atoms with Gasteiger partial charge in [0.05, 0.1) is 0 Å². The number of pyridine rings is 1. The van der Waals surface area contributed by atoms with Gasteiger partial charge in [-0.25, -0.2) is 9.59 Å². The Kier molecular flexibility index (Phi) is 12.7. The molecular weight excluding hydrogens is 591 g/mol. The first-order valence-electron chi connectivity index (χ1n) is 12.6. The van der Waals surface area contributed by atoms with Crippen molar-refractivity contribution in [2.45, 2.75) is 78.9 Å². The van der Waals surface area contributed by atoms with Crippen LogP contribution in [0.4, 0.5) is 9.59 Å². The Hall–Kier alpha value is -2.83. The average Bonchev–Trinajstić information content (AvgIpc) is 3.46. The van der Waals surface area contributed by atoms with Crippen LogP contribution < -0.4 is 39.2 Å². The fourth-order valence-electron chi connectivity index (χ4n) is 4.20. The van der Waals surface area contributed by atoms with Crippen LogP contribution in [0.2, 0.25) is 0 Å². The van der Waals surface area contributed by atoms with E-state index in [0.717, 1.165) is 48.2 Å². The molecule has 0 spiro atoms. The molecule has 1 aliphatic rings. The van der Waals surface area contributed by atoms with Gasteiger partial charge in [-0.3, -0.25) is 4.79 Å². The summed E-state index contributed by atoms with van der Waals surface area (Å²) in [4.78, 5) is 35.8. The molecule has 11 heteroatoms. The van der Waals surface area contributed by atoms with Crippen molar-refractivity contribution in [1.29, 1.82) is 0 Å². The SMILES string of the molecule is CCCNC(=O)OCc1cn2c(c1COC(=O)NCCC)C(c1ccc[n+](COC(=O)CC)c1)CC2.[I-]. The molecule has 0 aliphatic carbocycles. The molecular formula is C26H37IN4O6. The molecule has 37 heavy (non-hydrogen) atoms. The highest BCUT2D eigenvalue weighted by Crippen LogP contribution is 2.39. The second-order valence-electron chi connectivity index (χ2n) is 8.71. The number of carbonyl (C=O) groups is 3. The Morgan fingerprint density at radius 3 is 2.35 bits per heavy atom. The summed E-state index contributed by atoms with van der Waals surface area (Å²) in [6, 6.07) is 3.97. The molecule has 1 atom stereocenters. The lowest BCUT2D eigenvalue weighted by molar-refractivity contribution is -0.728. The van der Waals surface area contributed by atoms with E-state index in [1.807, 2.05) is 49.1 Å². The number of fused-ring (bicyclic) bond motifs is 1. The van der Waals surface area contributed by atoms with E-state index >= 15 is 0 Å². The zero-order chi connectivity index (χ0) is 25.9. The lowest BCUT2D eigenvalue weighted by atomic mass is 9.93. The van der Waals surface area contributed by atoms with Crippen LogP contribution in [-0.4, -0.2) is 35.8 Å². The minimum Gasteiger partial charge on any atom is -1.00 e. The van der Waals surface area contributed by atoms with Crippen molar-refractivity contribution >= 4 is 18.2 Å². The number of esters is 1. The third-order valence-corrected chi connectivity index (χ3v) is 6.00. The molecule has 1 unspecified atom stereocenters. The maximum absolute atomic E-state index is 12.2. The van der Waals surface area contributed by atoms with Crippen LogP contribution in [0.5, 0.6) is 0 Å². The van der Waals surface area contributed by atoms with Gasteiger partial charge in [0.15, 0.2) is 12.4 Å². The van der Waals surface area contributed by atoms with Gasteiger partial charge in [0.2, 0.25) is 0 Å². The summed E-state index contributed by atoms with van der Waals surface area (Å²) < 4.78 is 20.2. The topological polar surface area (TPSA) is 112 Å². The molecule has 10 nitrogen and oxygen atoms in total. The van der Waals surface area contributed by atoms with Gasteiger partial charge in [0.25, 0.3) is 6.73 Å². The number of aryl methyl sites for hydroxylation is 1. The summed E-state index contributed by atoms with van der Waals surface area (Å²) in [6.07, 6.45) is 7.69. The highest BCUT2D eigenvalue weighted by Gasteiger charge is 2.32.